The average molecular weight is 463 g/mol. The largest absolute Gasteiger partial charge is 0.372 e. The summed E-state index contributed by atoms with van der Waals surface area (Å²) >= 11 is 0. The molecule has 0 bridgehead atoms. The van der Waals surface area contributed by atoms with Crippen molar-refractivity contribution in [2.75, 3.05) is 28.2 Å². The number of imide groups is 1. The number of piperidine rings is 1. The van der Waals surface area contributed by atoms with Gasteiger partial charge in [-0.3, -0.25) is 9.59 Å². The molecule has 5 rings (SSSR count). The van der Waals surface area contributed by atoms with Crippen molar-refractivity contribution in [3.63, 3.8) is 0 Å². The average Bonchev–Trinajstić information content (AvgIpc) is 3.14. The van der Waals surface area contributed by atoms with Crippen LogP contribution in [0.3, 0.4) is 0 Å². The van der Waals surface area contributed by atoms with Gasteiger partial charge in [-0.05, 0) is 72.9 Å². The molecule has 3 aromatic rings. The summed E-state index contributed by atoms with van der Waals surface area (Å²) in [6, 6.07) is 25.7. The third-order valence-corrected chi connectivity index (χ3v) is 6.69. The Morgan fingerprint density at radius 1 is 0.829 bits per heavy atom. The van der Waals surface area contributed by atoms with Gasteiger partial charge in [0, 0.05) is 24.5 Å². The maximum atomic E-state index is 13.5. The Labute approximate surface area is 205 Å². The number of rotatable bonds is 5. The van der Waals surface area contributed by atoms with Gasteiger partial charge in [-0.2, -0.15) is 5.26 Å². The smallest absolute Gasteiger partial charge is 0.282 e. The molecular weight excluding hydrogens is 436 g/mol. The minimum Gasteiger partial charge on any atom is -0.372 e. The quantitative estimate of drug-likeness (QED) is 0.528. The number of nitriles is 1. The van der Waals surface area contributed by atoms with Crippen molar-refractivity contribution in [1.29, 1.82) is 5.26 Å². The van der Waals surface area contributed by atoms with Gasteiger partial charge in [0.25, 0.3) is 11.8 Å². The molecule has 0 spiro atoms. The van der Waals surface area contributed by atoms with E-state index in [1.54, 1.807) is 24.3 Å². The van der Waals surface area contributed by atoms with Crippen LogP contribution in [0.5, 0.6) is 0 Å². The molecule has 1 N–H and O–H groups in total. The highest BCUT2D eigenvalue weighted by molar-refractivity contribution is 6.46. The van der Waals surface area contributed by atoms with Crippen LogP contribution in [0.4, 0.5) is 17.1 Å². The first kappa shape index (κ1) is 22.4. The van der Waals surface area contributed by atoms with Crippen LogP contribution in [-0.4, -0.2) is 24.9 Å². The van der Waals surface area contributed by atoms with Gasteiger partial charge in [-0.25, -0.2) is 4.90 Å². The minimum atomic E-state index is -0.423. The molecule has 0 saturated carbocycles. The fourth-order valence-corrected chi connectivity index (χ4v) is 4.60. The van der Waals surface area contributed by atoms with Crippen LogP contribution < -0.4 is 15.1 Å². The molecule has 35 heavy (non-hydrogen) atoms. The molecule has 0 aliphatic carbocycles. The Hall–Kier alpha value is -4.37. The molecular formula is C29H26N4O2. The first-order chi connectivity index (χ1) is 17.0. The van der Waals surface area contributed by atoms with Crippen molar-refractivity contribution >= 4 is 34.4 Å². The maximum Gasteiger partial charge on any atom is 0.282 e. The maximum absolute atomic E-state index is 13.5. The molecule has 1 fully saturated rings. The SMILES string of the molecule is CC1CCN(c2ccc(NC3=C(c4ccccc4)C(=O)N(c4ccc(C#N)cc4)C3=O)cc2)CC1. The molecule has 0 atom stereocenters. The second-order valence-electron chi connectivity index (χ2n) is 9.06. The van der Waals surface area contributed by atoms with E-state index in [4.69, 9.17) is 5.26 Å². The van der Waals surface area contributed by atoms with Crippen LogP contribution in [-0.2, 0) is 9.59 Å². The number of hydrogen-bond acceptors (Lipinski definition) is 5. The van der Waals surface area contributed by atoms with E-state index in [9.17, 15) is 9.59 Å². The fraction of sp³-hybridized carbons (Fsp3) is 0.207. The number of hydrogen-bond donors (Lipinski definition) is 1. The zero-order valence-corrected chi connectivity index (χ0v) is 19.6. The summed E-state index contributed by atoms with van der Waals surface area (Å²) in [5.74, 6) is -0.0550. The number of benzene rings is 3. The monoisotopic (exact) mass is 462 g/mol. The summed E-state index contributed by atoms with van der Waals surface area (Å²) < 4.78 is 0. The number of carbonyl (C=O) groups excluding carboxylic acids is 2. The van der Waals surface area contributed by atoms with E-state index in [1.165, 1.54) is 12.8 Å². The van der Waals surface area contributed by atoms with Crippen molar-refractivity contribution < 1.29 is 9.59 Å². The Morgan fingerprint density at radius 3 is 2.09 bits per heavy atom. The van der Waals surface area contributed by atoms with Crippen molar-refractivity contribution in [3.8, 4) is 6.07 Å². The Bertz CT molecular complexity index is 1310. The summed E-state index contributed by atoms with van der Waals surface area (Å²) in [5, 5.41) is 12.3. The first-order valence-electron chi connectivity index (χ1n) is 11.9. The number of carbonyl (C=O) groups is 2. The van der Waals surface area contributed by atoms with E-state index in [-0.39, 0.29) is 5.70 Å². The van der Waals surface area contributed by atoms with Crippen LogP contribution in [0.15, 0.2) is 84.6 Å². The van der Waals surface area contributed by atoms with Crippen LogP contribution in [0.1, 0.15) is 30.9 Å². The van der Waals surface area contributed by atoms with E-state index >= 15 is 0 Å². The van der Waals surface area contributed by atoms with Gasteiger partial charge in [-0.15, -0.1) is 0 Å². The highest BCUT2D eigenvalue weighted by Crippen LogP contribution is 2.34. The molecule has 6 nitrogen and oxygen atoms in total. The molecule has 1 saturated heterocycles. The van der Waals surface area contributed by atoms with Crippen LogP contribution >= 0.6 is 0 Å². The molecule has 0 unspecified atom stereocenters. The zero-order valence-electron chi connectivity index (χ0n) is 19.6. The highest BCUT2D eigenvalue weighted by atomic mass is 16.2. The van der Waals surface area contributed by atoms with Gasteiger partial charge in [0.05, 0.1) is 22.9 Å². The second kappa shape index (κ2) is 9.47. The Kier molecular flexibility index (Phi) is 6.07. The molecule has 2 heterocycles. The first-order valence-corrected chi connectivity index (χ1v) is 11.9. The summed E-state index contributed by atoms with van der Waals surface area (Å²) in [5.41, 5.74) is 4.03. The molecule has 0 aromatic heterocycles. The molecule has 2 aliphatic heterocycles. The zero-order chi connectivity index (χ0) is 24.4. The van der Waals surface area contributed by atoms with Crippen molar-refractivity contribution in [2.24, 2.45) is 5.92 Å². The highest BCUT2D eigenvalue weighted by Gasteiger charge is 2.40. The van der Waals surface area contributed by atoms with Crippen LogP contribution in [0.2, 0.25) is 0 Å². The number of amides is 2. The number of anilines is 3. The predicted octanol–water partition coefficient (Wildman–Crippen LogP) is 5.19. The van der Waals surface area contributed by atoms with Crippen molar-refractivity contribution in [1.82, 2.24) is 0 Å². The summed E-state index contributed by atoms with van der Waals surface area (Å²) in [6.07, 6.45) is 2.38. The molecule has 2 aliphatic rings. The lowest BCUT2D eigenvalue weighted by atomic mass is 9.99. The van der Waals surface area contributed by atoms with E-state index in [0.29, 0.717) is 22.4 Å². The van der Waals surface area contributed by atoms with Gasteiger partial charge < -0.3 is 10.2 Å². The number of nitrogens with zero attached hydrogens (tertiary/aromatic N) is 3. The molecule has 3 aromatic carbocycles. The van der Waals surface area contributed by atoms with E-state index < -0.39 is 11.8 Å². The summed E-state index contributed by atoms with van der Waals surface area (Å²) in [7, 11) is 0. The lowest BCUT2D eigenvalue weighted by Gasteiger charge is -2.32. The lowest BCUT2D eigenvalue weighted by Crippen LogP contribution is -2.32. The van der Waals surface area contributed by atoms with Gasteiger partial charge in [0.2, 0.25) is 0 Å². The van der Waals surface area contributed by atoms with E-state index in [2.05, 4.69) is 35.3 Å². The topological polar surface area (TPSA) is 76.4 Å². The van der Waals surface area contributed by atoms with E-state index in [0.717, 1.165) is 35.3 Å². The lowest BCUT2D eigenvalue weighted by molar-refractivity contribution is -0.120. The summed E-state index contributed by atoms with van der Waals surface area (Å²) in [4.78, 5) is 30.6. The van der Waals surface area contributed by atoms with Crippen molar-refractivity contribution in [2.45, 2.75) is 19.8 Å². The third kappa shape index (κ3) is 4.41. The number of nitrogens with one attached hydrogen (secondary N) is 1. The van der Waals surface area contributed by atoms with Crippen LogP contribution in [0.25, 0.3) is 5.57 Å². The van der Waals surface area contributed by atoms with Gasteiger partial charge in [0.15, 0.2) is 0 Å². The Balaban J connectivity index is 1.46. The van der Waals surface area contributed by atoms with Gasteiger partial charge >= 0.3 is 0 Å². The van der Waals surface area contributed by atoms with Gasteiger partial charge in [-0.1, -0.05) is 37.3 Å². The standard InChI is InChI=1S/C29H26N4O2/c1-20-15-17-32(18-16-20)24-13-9-23(10-14-24)31-27-26(22-5-3-2-4-6-22)28(34)33(29(27)35)25-11-7-21(19-30)8-12-25/h2-14,20,31H,15-18H2,1H3. The van der Waals surface area contributed by atoms with Crippen LogP contribution in [0, 0.1) is 17.2 Å². The molecule has 2 amide bonds. The minimum absolute atomic E-state index is 0.241. The molecule has 0 radical (unpaired) electrons. The third-order valence-electron chi connectivity index (χ3n) is 6.69. The molecule has 6 heteroatoms. The fourth-order valence-electron chi connectivity index (χ4n) is 4.60. The van der Waals surface area contributed by atoms with Crippen molar-refractivity contribution in [3.05, 3.63) is 95.7 Å². The second-order valence-corrected chi connectivity index (χ2v) is 9.06. The van der Waals surface area contributed by atoms with E-state index in [1.807, 2.05) is 42.5 Å². The normalized spacial score (nSPS) is 16.6. The molecule has 174 valence electrons. The van der Waals surface area contributed by atoms with Gasteiger partial charge in [0.1, 0.15) is 5.70 Å². The Morgan fingerprint density at radius 2 is 1.46 bits per heavy atom. The summed E-state index contributed by atoms with van der Waals surface area (Å²) in [6.45, 7) is 4.39. The predicted molar refractivity (Wildman–Crippen MR) is 138 cm³/mol.